The van der Waals surface area contributed by atoms with Crippen molar-refractivity contribution in [2.24, 2.45) is 5.92 Å². The molecule has 0 radical (unpaired) electrons. The van der Waals surface area contributed by atoms with E-state index in [-0.39, 0.29) is 11.9 Å². The summed E-state index contributed by atoms with van der Waals surface area (Å²) in [5, 5.41) is 0. The Morgan fingerprint density at radius 3 is 2.65 bits per heavy atom. The van der Waals surface area contributed by atoms with E-state index in [1.807, 2.05) is 12.4 Å². The third-order valence-corrected chi connectivity index (χ3v) is 3.87. The van der Waals surface area contributed by atoms with Gasteiger partial charge in [0.1, 0.15) is 0 Å². The van der Waals surface area contributed by atoms with Crippen molar-refractivity contribution in [1.29, 1.82) is 0 Å². The molecule has 0 aliphatic heterocycles. The molecule has 0 aromatic carbocycles. The number of hydrogen-bond acceptors (Lipinski definition) is 2. The third-order valence-electron chi connectivity index (χ3n) is 3.87. The highest BCUT2D eigenvalue weighted by molar-refractivity contribution is 5.72. The lowest BCUT2D eigenvalue weighted by Crippen LogP contribution is -2.27. The molecule has 3 rings (SSSR count). The van der Waals surface area contributed by atoms with Crippen molar-refractivity contribution in [3.05, 3.63) is 24.0 Å². The fourth-order valence-corrected chi connectivity index (χ4v) is 2.62. The standard InChI is InChI=1S/C14H19NO2/c16-14(12-4-2-1-3-5-12)17-15-9-8-13(10-15)11-6-7-11/h8-12H,1-7H2. The van der Waals surface area contributed by atoms with Gasteiger partial charge in [0, 0.05) is 12.4 Å². The zero-order valence-electron chi connectivity index (χ0n) is 10.1. The number of aromatic nitrogens is 1. The van der Waals surface area contributed by atoms with E-state index in [2.05, 4.69) is 6.07 Å². The molecule has 3 nitrogen and oxygen atoms in total. The molecule has 92 valence electrons. The second kappa shape index (κ2) is 4.55. The second-order valence-electron chi connectivity index (χ2n) is 5.32. The van der Waals surface area contributed by atoms with Crippen molar-refractivity contribution in [2.75, 3.05) is 0 Å². The highest BCUT2D eigenvalue weighted by atomic mass is 16.7. The third kappa shape index (κ3) is 2.54. The lowest BCUT2D eigenvalue weighted by Gasteiger charge is -2.19. The number of nitrogens with zero attached hydrogens (tertiary/aromatic N) is 1. The van der Waals surface area contributed by atoms with Crippen LogP contribution in [0.3, 0.4) is 0 Å². The van der Waals surface area contributed by atoms with Crippen molar-refractivity contribution >= 4 is 5.97 Å². The largest absolute Gasteiger partial charge is 0.337 e. The Morgan fingerprint density at radius 2 is 1.94 bits per heavy atom. The van der Waals surface area contributed by atoms with Gasteiger partial charge in [-0.1, -0.05) is 19.3 Å². The average Bonchev–Trinajstić information content (AvgIpc) is 3.12. The maximum Gasteiger partial charge on any atom is 0.335 e. The van der Waals surface area contributed by atoms with Gasteiger partial charge in [-0.05, 0) is 43.2 Å². The van der Waals surface area contributed by atoms with Crippen LogP contribution < -0.4 is 4.84 Å². The van der Waals surface area contributed by atoms with Crippen molar-refractivity contribution < 1.29 is 9.63 Å². The summed E-state index contributed by atoms with van der Waals surface area (Å²) >= 11 is 0. The topological polar surface area (TPSA) is 31.2 Å². The van der Waals surface area contributed by atoms with E-state index < -0.39 is 0 Å². The van der Waals surface area contributed by atoms with Gasteiger partial charge in [-0.3, -0.25) is 0 Å². The van der Waals surface area contributed by atoms with Gasteiger partial charge in [0.15, 0.2) is 0 Å². The summed E-state index contributed by atoms with van der Waals surface area (Å²) in [5.74, 6) is 0.780. The van der Waals surface area contributed by atoms with Crippen LogP contribution in [0.4, 0.5) is 0 Å². The summed E-state index contributed by atoms with van der Waals surface area (Å²) in [6, 6.07) is 2.06. The summed E-state index contributed by atoms with van der Waals surface area (Å²) in [5.41, 5.74) is 1.31. The lowest BCUT2D eigenvalue weighted by molar-refractivity contribution is -0.150. The second-order valence-corrected chi connectivity index (χ2v) is 5.32. The van der Waals surface area contributed by atoms with Gasteiger partial charge < -0.3 is 4.84 Å². The van der Waals surface area contributed by atoms with Crippen molar-refractivity contribution in [3.8, 4) is 0 Å². The molecule has 2 fully saturated rings. The Kier molecular flexibility index (Phi) is 2.91. The Hall–Kier alpha value is -1.25. The normalized spacial score (nSPS) is 21.4. The first-order chi connectivity index (χ1) is 8.33. The number of rotatable bonds is 3. The van der Waals surface area contributed by atoms with Gasteiger partial charge in [0.2, 0.25) is 0 Å². The summed E-state index contributed by atoms with van der Waals surface area (Å²) < 4.78 is 1.59. The summed E-state index contributed by atoms with van der Waals surface area (Å²) in [7, 11) is 0. The van der Waals surface area contributed by atoms with Gasteiger partial charge in [-0.15, -0.1) is 0 Å². The van der Waals surface area contributed by atoms with Gasteiger partial charge in [-0.25, -0.2) is 4.79 Å². The van der Waals surface area contributed by atoms with Gasteiger partial charge in [-0.2, -0.15) is 4.73 Å². The summed E-state index contributed by atoms with van der Waals surface area (Å²) in [6.45, 7) is 0. The minimum atomic E-state index is -0.0531. The van der Waals surface area contributed by atoms with E-state index in [1.165, 1.54) is 37.7 Å². The molecule has 1 aromatic heterocycles. The minimum absolute atomic E-state index is 0.0531. The van der Waals surface area contributed by atoms with Gasteiger partial charge >= 0.3 is 5.97 Å². The maximum absolute atomic E-state index is 11.9. The van der Waals surface area contributed by atoms with E-state index in [0.29, 0.717) is 5.92 Å². The summed E-state index contributed by atoms with van der Waals surface area (Å²) in [4.78, 5) is 17.3. The van der Waals surface area contributed by atoms with Crippen molar-refractivity contribution in [1.82, 2.24) is 4.73 Å². The fourth-order valence-electron chi connectivity index (χ4n) is 2.62. The predicted octanol–water partition coefficient (Wildman–Crippen LogP) is 2.90. The molecule has 2 saturated carbocycles. The predicted molar refractivity (Wildman–Crippen MR) is 64.6 cm³/mol. The van der Waals surface area contributed by atoms with Crippen LogP contribution in [0.15, 0.2) is 18.5 Å². The molecule has 0 amide bonds. The van der Waals surface area contributed by atoms with Crippen LogP contribution >= 0.6 is 0 Å². The summed E-state index contributed by atoms with van der Waals surface area (Å²) in [6.07, 6.45) is 12.0. The average molecular weight is 233 g/mol. The maximum atomic E-state index is 11.9. The molecule has 2 aliphatic carbocycles. The van der Waals surface area contributed by atoms with Crippen molar-refractivity contribution in [3.63, 3.8) is 0 Å². The number of carbonyl (C=O) groups excluding carboxylic acids is 1. The van der Waals surface area contributed by atoms with E-state index >= 15 is 0 Å². The number of hydrogen-bond donors (Lipinski definition) is 0. The minimum Gasteiger partial charge on any atom is -0.337 e. The highest BCUT2D eigenvalue weighted by Crippen LogP contribution is 2.39. The van der Waals surface area contributed by atoms with E-state index in [0.717, 1.165) is 12.8 Å². The quantitative estimate of drug-likeness (QED) is 0.803. The molecule has 0 unspecified atom stereocenters. The van der Waals surface area contributed by atoms with Crippen molar-refractivity contribution in [2.45, 2.75) is 50.9 Å². The molecule has 3 heteroatoms. The van der Waals surface area contributed by atoms with Crippen LogP contribution in [0.2, 0.25) is 0 Å². The lowest BCUT2D eigenvalue weighted by atomic mass is 9.89. The molecular weight excluding hydrogens is 214 g/mol. The Morgan fingerprint density at radius 1 is 1.18 bits per heavy atom. The van der Waals surface area contributed by atoms with Crippen LogP contribution in [-0.4, -0.2) is 10.7 Å². The Bertz CT molecular complexity index is 400. The molecular formula is C14H19NO2. The molecule has 0 N–H and O–H groups in total. The highest BCUT2D eigenvalue weighted by Gasteiger charge is 2.26. The van der Waals surface area contributed by atoms with Crippen LogP contribution in [-0.2, 0) is 4.79 Å². The van der Waals surface area contributed by atoms with Crippen LogP contribution in [0.1, 0.15) is 56.4 Å². The van der Waals surface area contributed by atoms with E-state index in [4.69, 9.17) is 4.84 Å². The smallest absolute Gasteiger partial charge is 0.335 e. The molecule has 1 heterocycles. The van der Waals surface area contributed by atoms with Crippen LogP contribution in [0.25, 0.3) is 0 Å². The van der Waals surface area contributed by atoms with E-state index in [1.54, 1.807) is 4.73 Å². The molecule has 0 saturated heterocycles. The van der Waals surface area contributed by atoms with Gasteiger partial charge in [0.25, 0.3) is 0 Å². The molecule has 0 spiro atoms. The fraction of sp³-hybridized carbons (Fsp3) is 0.643. The molecule has 1 aromatic rings. The van der Waals surface area contributed by atoms with E-state index in [9.17, 15) is 4.79 Å². The zero-order chi connectivity index (χ0) is 11.7. The SMILES string of the molecule is O=C(On1ccc(C2CC2)c1)C1CCCCC1. The zero-order valence-corrected chi connectivity index (χ0v) is 10.1. The first-order valence-corrected chi connectivity index (χ1v) is 6.73. The molecule has 17 heavy (non-hydrogen) atoms. The van der Waals surface area contributed by atoms with Gasteiger partial charge in [0.05, 0.1) is 5.92 Å². The molecule has 2 aliphatic rings. The number of carbonyl (C=O) groups is 1. The van der Waals surface area contributed by atoms with Crippen LogP contribution in [0, 0.1) is 5.92 Å². The Labute approximate surface area is 102 Å². The Balaban J connectivity index is 1.58. The monoisotopic (exact) mass is 233 g/mol. The first-order valence-electron chi connectivity index (χ1n) is 6.73. The molecule has 0 bridgehead atoms. The molecule has 0 atom stereocenters. The first kappa shape index (κ1) is 10.9. The van der Waals surface area contributed by atoms with Crippen LogP contribution in [0.5, 0.6) is 0 Å².